The summed E-state index contributed by atoms with van der Waals surface area (Å²) < 4.78 is 5.29. The molecule has 1 atom stereocenters. The zero-order valence-electron chi connectivity index (χ0n) is 13.0. The van der Waals surface area contributed by atoms with Gasteiger partial charge in [-0.15, -0.1) is 0 Å². The Labute approximate surface area is 139 Å². The highest BCUT2D eigenvalue weighted by Gasteiger charge is 2.31. The summed E-state index contributed by atoms with van der Waals surface area (Å²) in [5.74, 6) is -0.443. The van der Waals surface area contributed by atoms with E-state index in [1.54, 1.807) is 32.9 Å². The molecule has 0 bridgehead atoms. The van der Waals surface area contributed by atoms with Crippen LogP contribution < -0.4 is 15.9 Å². The van der Waals surface area contributed by atoms with Gasteiger partial charge in [0.05, 0.1) is 23.4 Å². The molecule has 1 aromatic rings. The van der Waals surface area contributed by atoms with Gasteiger partial charge in [0.2, 0.25) is 0 Å². The Bertz CT molecular complexity index is 641. The summed E-state index contributed by atoms with van der Waals surface area (Å²) in [6, 6.07) is 5.68. The Morgan fingerprint density at radius 3 is 2.52 bits per heavy atom. The van der Waals surface area contributed by atoms with Crippen molar-refractivity contribution in [2.24, 2.45) is 0 Å². The molecule has 0 saturated heterocycles. The van der Waals surface area contributed by atoms with Gasteiger partial charge in [-0.3, -0.25) is 5.21 Å². The number of esters is 1. The lowest BCUT2D eigenvalue weighted by Gasteiger charge is -2.30. The molecule has 7 nitrogen and oxygen atoms in total. The highest BCUT2D eigenvalue weighted by atomic mass is 32.1. The fraction of sp³-hybridized carbons (Fsp3) is 0.333. The van der Waals surface area contributed by atoms with Crippen molar-refractivity contribution in [3.05, 3.63) is 46.3 Å². The van der Waals surface area contributed by atoms with Crippen molar-refractivity contribution in [3.8, 4) is 0 Å². The van der Waals surface area contributed by atoms with Gasteiger partial charge in [0.25, 0.3) is 0 Å². The molecule has 1 aromatic carbocycles. The minimum atomic E-state index is -0.497. The van der Waals surface area contributed by atoms with Crippen LogP contribution in [0.5, 0.6) is 0 Å². The maximum absolute atomic E-state index is 12.4. The van der Waals surface area contributed by atoms with Crippen molar-refractivity contribution in [1.82, 2.24) is 10.6 Å². The minimum absolute atomic E-state index is 0.0947. The number of nitrogens with one attached hydrogen (secondary N) is 2. The number of thiocarbonyl (C=S) groups is 1. The Kier molecular flexibility index (Phi) is 5.19. The molecule has 1 unspecified atom stereocenters. The molecule has 23 heavy (non-hydrogen) atoms. The summed E-state index contributed by atoms with van der Waals surface area (Å²) in [5.41, 5.74) is 1.84. The number of nitrogens with zero attached hydrogens (tertiary/aromatic N) is 1. The molecule has 0 spiro atoms. The third kappa shape index (κ3) is 3.98. The zero-order valence-corrected chi connectivity index (χ0v) is 13.8. The van der Waals surface area contributed by atoms with E-state index >= 15 is 0 Å². The summed E-state index contributed by atoms with van der Waals surface area (Å²) in [6.07, 6.45) is -0.247. The van der Waals surface area contributed by atoms with E-state index < -0.39 is 12.0 Å². The first kappa shape index (κ1) is 17.2. The van der Waals surface area contributed by atoms with Crippen LogP contribution in [0.2, 0.25) is 0 Å². The molecule has 0 fully saturated rings. The smallest absolute Gasteiger partial charge is 0.338 e. The predicted octanol–water partition coefficient (Wildman–Crippen LogP) is 2.12. The van der Waals surface area contributed by atoms with Crippen LogP contribution in [0.25, 0.3) is 0 Å². The van der Waals surface area contributed by atoms with Gasteiger partial charge in [-0.1, -0.05) is 12.1 Å². The molecular formula is C15H18N3O4S-. The zero-order chi connectivity index (χ0) is 17.1. The predicted molar refractivity (Wildman–Crippen MR) is 89.6 cm³/mol. The van der Waals surface area contributed by atoms with E-state index in [0.29, 0.717) is 16.4 Å². The van der Waals surface area contributed by atoms with E-state index in [4.69, 9.17) is 22.2 Å². The second-order valence-electron chi connectivity index (χ2n) is 5.39. The Balaban J connectivity index is 2.38. The third-order valence-corrected chi connectivity index (χ3v) is 3.50. The van der Waals surface area contributed by atoms with Gasteiger partial charge < -0.3 is 25.8 Å². The largest absolute Gasteiger partial charge is 0.733 e. The second-order valence-corrected chi connectivity index (χ2v) is 5.80. The maximum atomic E-state index is 12.4. The van der Waals surface area contributed by atoms with Gasteiger partial charge in [-0.2, -0.15) is 0 Å². The van der Waals surface area contributed by atoms with E-state index in [0.717, 1.165) is 5.56 Å². The Morgan fingerprint density at radius 2 is 2.00 bits per heavy atom. The molecule has 3 N–H and O–H groups in total. The first-order chi connectivity index (χ1) is 10.8. The summed E-state index contributed by atoms with van der Waals surface area (Å²) in [6.45, 7) is 5.30. The number of anilines is 1. The van der Waals surface area contributed by atoms with Crippen LogP contribution in [0.15, 0.2) is 35.5 Å². The van der Waals surface area contributed by atoms with Crippen molar-refractivity contribution in [3.63, 3.8) is 0 Å². The fourth-order valence-corrected chi connectivity index (χ4v) is 2.56. The summed E-state index contributed by atoms with van der Waals surface area (Å²) >= 11 is 5.15. The van der Waals surface area contributed by atoms with Crippen molar-refractivity contribution >= 4 is 29.0 Å². The SMILES string of the molecule is CC1=C(C(=O)OC(C)C)C(c2ccc(N([O-])O)cc2)NC(=S)N1. The van der Waals surface area contributed by atoms with Crippen molar-refractivity contribution in [2.75, 3.05) is 5.23 Å². The Hall–Kier alpha value is -2.16. The van der Waals surface area contributed by atoms with Gasteiger partial charge in [0.1, 0.15) is 0 Å². The molecule has 0 amide bonds. The number of allylic oxidation sites excluding steroid dienone is 1. The first-order valence-corrected chi connectivity index (χ1v) is 7.45. The molecule has 0 aromatic heterocycles. The average Bonchev–Trinajstić information content (AvgIpc) is 2.45. The number of ether oxygens (including phenoxy) is 1. The van der Waals surface area contributed by atoms with Crippen molar-refractivity contribution in [1.29, 1.82) is 0 Å². The molecule has 0 saturated carbocycles. The molecule has 1 heterocycles. The lowest BCUT2D eigenvalue weighted by atomic mass is 9.95. The molecule has 2 rings (SSSR count). The number of rotatable bonds is 4. The van der Waals surface area contributed by atoms with Crippen LogP contribution in [-0.4, -0.2) is 22.4 Å². The number of hydrogen-bond donors (Lipinski definition) is 3. The lowest BCUT2D eigenvalue weighted by molar-refractivity contribution is -0.143. The number of hydrogen-bond acceptors (Lipinski definition) is 6. The van der Waals surface area contributed by atoms with Crippen LogP contribution in [0.4, 0.5) is 5.69 Å². The number of carbonyl (C=O) groups excluding carboxylic acids is 1. The summed E-state index contributed by atoms with van der Waals surface area (Å²) in [7, 11) is 0. The quantitative estimate of drug-likeness (QED) is 0.437. The van der Waals surface area contributed by atoms with E-state index in [-0.39, 0.29) is 17.0 Å². The van der Waals surface area contributed by atoms with E-state index in [1.807, 2.05) is 0 Å². The van der Waals surface area contributed by atoms with Gasteiger partial charge in [0, 0.05) is 5.70 Å². The van der Waals surface area contributed by atoms with Crippen molar-refractivity contribution < 1.29 is 14.7 Å². The highest BCUT2D eigenvalue weighted by molar-refractivity contribution is 7.80. The average molecular weight is 336 g/mol. The van der Waals surface area contributed by atoms with Crippen LogP contribution in [-0.2, 0) is 9.53 Å². The van der Waals surface area contributed by atoms with E-state index in [1.165, 1.54) is 12.1 Å². The maximum Gasteiger partial charge on any atom is 0.338 e. The Morgan fingerprint density at radius 1 is 1.39 bits per heavy atom. The monoisotopic (exact) mass is 336 g/mol. The van der Waals surface area contributed by atoms with Gasteiger partial charge in [0.15, 0.2) is 5.11 Å². The molecule has 8 heteroatoms. The van der Waals surface area contributed by atoms with Crippen LogP contribution in [0.1, 0.15) is 32.4 Å². The standard InChI is InChI=1S/C15H18N3O4S/c1-8(2)22-14(19)12-9(3)16-15(23)17-13(12)10-4-6-11(7-5-10)18(20)21/h4-8,13,20H,1-3H3,(H2,16,17,23)/q-1. The van der Waals surface area contributed by atoms with Gasteiger partial charge >= 0.3 is 5.97 Å². The fourth-order valence-electron chi connectivity index (χ4n) is 2.29. The van der Waals surface area contributed by atoms with Crippen LogP contribution in [0, 0.1) is 5.21 Å². The molecule has 0 radical (unpaired) electrons. The molecule has 0 aliphatic carbocycles. The van der Waals surface area contributed by atoms with Crippen LogP contribution >= 0.6 is 12.2 Å². The number of benzene rings is 1. The summed E-state index contributed by atoms with van der Waals surface area (Å²) in [4.78, 5) is 12.4. The summed E-state index contributed by atoms with van der Waals surface area (Å²) in [5, 5.41) is 25.9. The second kappa shape index (κ2) is 6.95. The third-order valence-electron chi connectivity index (χ3n) is 3.28. The van der Waals surface area contributed by atoms with Crippen molar-refractivity contribution in [2.45, 2.75) is 32.9 Å². The molecule has 1 aliphatic rings. The van der Waals surface area contributed by atoms with Gasteiger partial charge in [-0.05, 0) is 50.7 Å². The molecule has 1 aliphatic heterocycles. The topological polar surface area (TPSA) is 96.9 Å². The number of carbonyl (C=O) groups is 1. The first-order valence-electron chi connectivity index (χ1n) is 7.05. The highest BCUT2D eigenvalue weighted by Crippen LogP contribution is 2.29. The van der Waals surface area contributed by atoms with Gasteiger partial charge in [-0.25, -0.2) is 4.79 Å². The normalized spacial score (nSPS) is 17.7. The minimum Gasteiger partial charge on any atom is -0.733 e. The van der Waals surface area contributed by atoms with Crippen LogP contribution in [0.3, 0.4) is 0 Å². The molecular weight excluding hydrogens is 318 g/mol. The lowest BCUT2D eigenvalue weighted by Crippen LogP contribution is -2.45. The van der Waals surface area contributed by atoms with E-state index in [9.17, 15) is 10.0 Å². The van der Waals surface area contributed by atoms with E-state index in [2.05, 4.69) is 10.6 Å². The molecule has 124 valence electrons.